The number of phenols is 1. The first kappa shape index (κ1) is 11.1. The van der Waals surface area contributed by atoms with Crippen molar-refractivity contribution in [2.45, 2.75) is 6.17 Å². The van der Waals surface area contributed by atoms with Crippen LogP contribution in [0.25, 0.3) is 0 Å². The van der Waals surface area contributed by atoms with Gasteiger partial charge in [0.25, 0.3) is 0 Å². The quantitative estimate of drug-likeness (QED) is 0.622. The van der Waals surface area contributed by atoms with E-state index < -0.39 is 0 Å². The first-order valence-corrected chi connectivity index (χ1v) is 5.32. The van der Waals surface area contributed by atoms with E-state index in [4.69, 9.17) is 12.2 Å². The van der Waals surface area contributed by atoms with E-state index in [1.165, 1.54) is 0 Å². The molecule has 0 unspecified atom stereocenters. The van der Waals surface area contributed by atoms with Crippen LogP contribution in [0, 0.1) is 0 Å². The smallest absolute Gasteiger partial charge is 0.200 e. The molecule has 1 aliphatic heterocycles. The molecule has 6 heteroatoms. The van der Waals surface area contributed by atoms with Crippen molar-refractivity contribution in [3.63, 3.8) is 0 Å². The molecular formula is C10H14N4OS. The molecule has 5 nitrogen and oxygen atoms in total. The molecule has 86 valence electrons. The van der Waals surface area contributed by atoms with Crippen LogP contribution in [0.15, 0.2) is 24.3 Å². The summed E-state index contributed by atoms with van der Waals surface area (Å²) in [5.41, 5.74) is 7.05. The Morgan fingerprint density at radius 3 is 2.31 bits per heavy atom. The van der Waals surface area contributed by atoms with Crippen LogP contribution in [0.5, 0.6) is 5.75 Å². The van der Waals surface area contributed by atoms with Crippen molar-refractivity contribution in [3.8, 4) is 5.75 Å². The fraction of sp³-hybridized carbons (Fsp3) is 0.300. The molecule has 1 aromatic rings. The Hall–Kier alpha value is -1.37. The van der Waals surface area contributed by atoms with Gasteiger partial charge in [0.15, 0.2) is 5.11 Å². The van der Waals surface area contributed by atoms with Crippen molar-refractivity contribution in [1.82, 2.24) is 20.9 Å². The van der Waals surface area contributed by atoms with Crippen LogP contribution in [0.4, 0.5) is 0 Å². The topological polar surface area (TPSA) is 50.8 Å². The zero-order chi connectivity index (χ0) is 11.7. The summed E-state index contributed by atoms with van der Waals surface area (Å²) in [5.74, 6) is 0.252. The van der Waals surface area contributed by atoms with Crippen LogP contribution in [-0.2, 0) is 0 Å². The number of aromatic hydroxyl groups is 1. The Kier molecular flexibility index (Phi) is 2.95. The molecular weight excluding hydrogens is 224 g/mol. The minimum absolute atomic E-state index is 0.192. The SMILES string of the molecule is CN1NC(c2ccccc2O)NN(C)C1=S. The number of benzene rings is 1. The summed E-state index contributed by atoms with van der Waals surface area (Å²) in [7, 11) is 3.68. The number of rotatable bonds is 1. The zero-order valence-corrected chi connectivity index (χ0v) is 9.95. The predicted octanol–water partition coefficient (Wildman–Crippen LogP) is 0.562. The third-order valence-corrected chi connectivity index (χ3v) is 3.01. The monoisotopic (exact) mass is 238 g/mol. The molecule has 0 atom stereocenters. The van der Waals surface area contributed by atoms with Gasteiger partial charge in [-0.3, -0.25) is 10.0 Å². The molecule has 1 aromatic carbocycles. The summed E-state index contributed by atoms with van der Waals surface area (Å²) in [6.07, 6.45) is -0.192. The van der Waals surface area contributed by atoms with Gasteiger partial charge >= 0.3 is 0 Å². The second-order valence-corrected chi connectivity index (χ2v) is 4.02. The van der Waals surface area contributed by atoms with E-state index in [0.717, 1.165) is 5.56 Å². The van der Waals surface area contributed by atoms with E-state index in [-0.39, 0.29) is 11.9 Å². The van der Waals surface area contributed by atoms with Gasteiger partial charge in [-0.05, 0) is 18.3 Å². The van der Waals surface area contributed by atoms with Crippen LogP contribution in [0.2, 0.25) is 0 Å². The lowest BCUT2D eigenvalue weighted by atomic mass is 10.1. The Bertz CT molecular complexity index is 398. The Labute approximate surface area is 99.6 Å². The maximum absolute atomic E-state index is 9.75. The third-order valence-electron chi connectivity index (χ3n) is 2.47. The second kappa shape index (κ2) is 4.25. The average Bonchev–Trinajstić information content (AvgIpc) is 2.26. The first-order chi connectivity index (χ1) is 7.59. The molecule has 0 aromatic heterocycles. The van der Waals surface area contributed by atoms with Crippen LogP contribution in [-0.4, -0.2) is 34.3 Å². The van der Waals surface area contributed by atoms with E-state index >= 15 is 0 Å². The number of nitrogens with one attached hydrogen (secondary N) is 2. The van der Waals surface area contributed by atoms with Crippen LogP contribution >= 0.6 is 12.2 Å². The minimum Gasteiger partial charge on any atom is -0.508 e. The Morgan fingerprint density at radius 1 is 1.19 bits per heavy atom. The fourth-order valence-electron chi connectivity index (χ4n) is 1.62. The molecule has 0 amide bonds. The molecule has 1 aliphatic rings. The minimum atomic E-state index is -0.192. The number of para-hydroxylation sites is 1. The summed E-state index contributed by atoms with van der Waals surface area (Å²) < 4.78 is 0. The number of phenolic OH excluding ortho intramolecular Hbond substituents is 1. The molecule has 0 spiro atoms. The Balaban J connectivity index is 2.24. The van der Waals surface area contributed by atoms with Crippen molar-refractivity contribution >= 4 is 17.3 Å². The zero-order valence-electron chi connectivity index (χ0n) is 9.14. The normalized spacial score (nSPS) is 18.0. The van der Waals surface area contributed by atoms with Crippen molar-refractivity contribution in [1.29, 1.82) is 0 Å². The van der Waals surface area contributed by atoms with E-state index in [0.29, 0.717) is 5.11 Å². The molecule has 3 N–H and O–H groups in total. The maximum Gasteiger partial charge on any atom is 0.200 e. The lowest BCUT2D eigenvalue weighted by Gasteiger charge is -2.40. The van der Waals surface area contributed by atoms with Crippen LogP contribution < -0.4 is 10.9 Å². The highest BCUT2D eigenvalue weighted by molar-refractivity contribution is 7.80. The maximum atomic E-state index is 9.75. The van der Waals surface area contributed by atoms with Gasteiger partial charge in [0.1, 0.15) is 11.9 Å². The molecule has 1 fully saturated rings. The van der Waals surface area contributed by atoms with Gasteiger partial charge in [-0.1, -0.05) is 18.2 Å². The first-order valence-electron chi connectivity index (χ1n) is 4.91. The van der Waals surface area contributed by atoms with E-state index in [1.54, 1.807) is 22.2 Å². The van der Waals surface area contributed by atoms with Crippen molar-refractivity contribution in [3.05, 3.63) is 29.8 Å². The number of hydrogen-bond acceptors (Lipinski definition) is 4. The van der Waals surface area contributed by atoms with Gasteiger partial charge < -0.3 is 5.11 Å². The highest BCUT2D eigenvalue weighted by Crippen LogP contribution is 2.23. The molecule has 2 rings (SSSR count). The van der Waals surface area contributed by atoms with Gasteiger partial charge in [0, 0.05) is 19.7 Å². The molecule has 0 radical (unpaired) electrons. The predicted molar refractivity (Wildman–Crippen MR) is 65.2 cm³/mol. The largest absolute Gasteiger partial charge is 0.508 e. The standard InChI is InChI=1S/C10H14N4OS/c1-13-10(16)14(2)12-9(11-13)7-5-3-4-6-8(7)15/h3-6,9,11-12,15H,1-2H3. The van der Waals surface area contributed by atoms with Gasteiger partial charge in [0.05, 0.1) is 0 Å². The lowest BCUT2D eigenvalue weighted by molar-refractivity contribution is 0.129. The summed E-state index contributed by atoms with van der Waals surface area (Å²) in [6.45, 7) is 0. The average molecular weight is 238 g/mol. The van der Waals surface area contributed by atoms with Crippen LogP contribution in [0.1, 0.15) is 11.7 Å². The van der Waals surface area contributed by atoms with Crippen molar-refractivity contribution in [2.75, 3.05) is 14.1 Å². The van der Waals surface area contributed by atoms with Crippen molar-refractivity contribution < 1.29 is 5.11 Å². The number of hydrazine groups is 2. The highest BCUT2D eigenvalue weighted by atomic mass is 32.1. The molecule has 1 saturated heterocycles. The van der Waals surface area contributed by atoms with Crippen molar-refractivity contribution in [2.24, 2.45) is 0 Å². The summed E-state index contributed by atoms with van der Waals surface area (Å²) in [6, 6.07) is 7.19. The Morgan fingerprint density at radius 2 is 1.75 bits per heavy atom. The van der Waals surface area contributed by atoms with Gasteiger partial charge in [-0.15, -0.1) is 0 Å². The summed E-state index contributed by atoms with van der Waals surface area (Å²) in [4.78, 5) is 0. The third kappa shape index (κ3) is 1.95. The number of thiocarbonyl (C=S) groups is 1. The molecule has 0 bridgehead atoms. The number of hydrogen-bond donors (Lipinski definition) is 3. The summed E-state index contributed by atoms with van der Waals surface area (Å²) >= 11 is 5.15. The second-order valence-electron chi connectivity index (χ2n) is 3.65. The van der Waals surface area contributed by atoms with E-state index in [1.807, 2.05) is 26.2 Å². The lowest BCUT2D eigenvalue weighted by Crippen LogP contribution is -2.62. The van der Waals surface area contributed by atoms with E-state index in [2.05, 4.69) is 10.9 Å². The van der Waals surface area contributed by atoms with Gasteiger partial charge in [0.2, 0.25) is 0 Å². The molecule has 1 heterocycles. The molecule has 0 saturated carbocycles. The van der Waals surface area contributed by atoms with Crippen LogP contribution in [0.3, 0.4) is 0 Å². The van der Waals surface area contributed by atoms with E-state index in [9.17, 15) is 5.11 Å². The molecule has 0 aliphatic carbocycles. The number of nitrogens with zero attached hydrogens (tertiary/aromatic N) is 2. The fourth-order valence-corrected chi connectivity index (χ4v) is 1.73. The summed E-state index contributed by atoms with van der Waals surface area (Å²) in [5, 5.41) is 13.9. The van der Waals surface area contributed by atoms with Gasteiger partial charge in [-0.25, -0.2) is 10.9 Å². The van der Waals surface area contributed by atoms with Gasteiger partial charge in [-0.2, -0.15) is 0 Å². The highest BCUT2D eigenvalue weighted by Gasteiger charge is 2.25. The molecule has 16 heavy (non-hydrogen) atoms.